The zero-order chi connectivity index (χ0) is 12.0. The first kappa shape index (κ1) is 13.8. The summed E-state index contributed by atoms with van der Waals surface area (Å²) in [6.45, 7) is 3.09. The first-order chi connectivity index (χ1) is 7.65. The molecule has 16 heavy (non-hydrogen) atoms. The third kappa shape index (κ3) is 4.34. The third-order valence-electron chi connectivity index (χ3n) is 3.55. The summed E-state index contributed by atoms with van der Waals surface area (Å²) in [5, 5.41) is 2.99. The van der Waals surface area contributed by atoms with E-state index in [0.717, 1.165) is 24.6 Å². The van der Waals surface area contributed by atoms with Crippen molar-refractivity contribution in [2.45, 2.75) is 38.6 Å². The molecule has 0 radical (unpaired) electrons. The largest absolute Gasteiger partial charge is 0.354 e. The Kier molecular flexibility index (Phi) is 6.21. The Morgan fingerprint density at radius 1 is 1.56 bits per heavy atom. The van der Waals surface area contributed by atoms with Crippen LogP contribution in [0.5, 0.6) is 0 Å². The highest BCUT2D eigenvalue weighted by Crippen LogP contribution is 2.30. The van der Waals surface area contributed by atoms with Crippen LogP contribution >= 0.6 is 11.8 Å². The molecule has 4 heteroatoms. The summed E-state index contributed by atoms with van der Waals surface area (Å²) in [5.41, 5.74) is 5.80. The Morgan fingerprint density at radius 3 is 2.88 bits per heavy atom. The molecule has 0 aliphatic heterocycles. The number of nitrogens with one attached hydrogen (secondary N) is 1. The minimum absolute atomic E-state index is 0.0214. The molecule has 1 aliphatic carbocycles. The highest BCUT2D eigenvalue weighted by Gasteiger charge is 2.24. The lowest BCUT2D eigenvalue weighted by molar-refractivity contribution is -0.122. The van der Waals surface area contributed by atoms with Crippen molar-refractivity contribution in [2.24, 2.45) is 17.6 Å². The standard InChI is InChI=1S/C12H24N2OS/c1-9-4-3-5-10(9)8-14-12(15)11(13)6-7-16-2/h9-11H,3-8,13H2,1-2H3,(H,14,15)/t9?,10?,11-/m0/s1. The van der Waals surface area contributed by atoms with E-state index in [4.69, 9.17) is 5.73 Å². The Labute approximate surface area is 103 Å². The summed E-state index contributed by atoms with van der Waals surface area (Å²) >= 11 is 1.73. The Bertz CT molecular complexity index is 223. The second kappa shape index (κ2) is 7.17. The van der Waals surface area contributed by atoms with Crippen LogP contribution in [-0.4, -0.2) is 30.5 Å². The predicted molar refractivity (Wildman–Crippen MR) is 70.5 cm³/mol. The van der Waals surface area contributed by atoms with Crippen LogP contribution in [0.2, 0.25) is 0 Å². The highest BCUT2D eigenvalue weighted by molar-refractivity contribution is 7.98. The van der Waals surface area contributed by atoms with E-state index in [1.165, 1.54) is 19.3 Å². The van der Waals surface area contributed by atoms with Crippen LogP contribution in [0.15, 0.2) is 0 Å². The van der Waals surface area contributed by atoms with Crippen LogP contribution in [-0.2, 0) is 4.79 Å². The number of hydrogen-bond acceptors (Lipinski definition) is 3. The monoisotopic (exact) mass is 244 g/mol. The van der Waals surface area contributed by atoms with Gasteiger partial charge in [-0.1, -0.05) is 19.8 Å². The van der Waals surface area contributed by atoms with Crippen LogP contribution < -0.4 is 11.1 Å². The Hall–Kier alpha value is -0.220. The van der Waals surface area contributed by atoms with Gasteiger partial charge in [-0.2, -0.15) is 11.8 Å². The molecular weight excluding hydrogens is 220 g/mol. The number of carbonyl (C=O) groups is 1. The van der Waals surface area contributed by atoms with Crippen molar-refractivity contribution in [2.75, 3.05) is 18.6 Å². The SMILES string of the molecule is CSCC[C@H](N)C(=O)NCC1CCCC1C. The van der Waals surface area contributed by atoms with Crippen LogP contribution in [0, 0.1) is 11.8 Å². The molecule has 1 saturated carbocycles. The van der Waals surface area contributed by atoms with Gasteiger partial charge in [0.1, 0.15) is 0 Å². The van der Waals surface area contributed by atoms with Gasteiger partial charge in [-0.05, 0) is 36.7 Å². The molecule has 2 unspecified atom stereocenters. The number of hydrogen-bond donors (Lipinski definition) is 2. The molecule has 1 rings (SSSR count). The molecule has 0 bridgehead atoms. The molecule has 3 nitrogen and oxygen atoms in total. The molecule has 1 fully saturated rings. The number of thioether (sulfide) groups is 1. The normalized spacial score (nSPS) is 26.7. The maximum Gasteiger partial charge on any atom is 0.236 e. The first-order valence-corrected chi connectivity index (χ1v) is 7.56. The number of nitrogens with two attached hydrogens (primary N) is 1. The Morgan fingerprint density at radius 2 is 2.31 bits per heavy atom. The van der Waals surface area contributed by atoms with Crippen molar-refractivity contribution in [3.63, 3.8) is 0 Å². The lowest BCUT2D eigenvalue weighted by Gasteiger charge is -2.18. The third-order valence-corrected chi connectivity index (χ3v) is 4.19. The average Bonchev–Trinajstić information content (AvgIpc) is 2.68. The molecule has 3 atom stereocenters. The van der Waals surface area contributed by atoms with Crippen molar-refractivity contribution in [3.8, 4) is 0 Å². The minimum Gasteiger partial charge on any atom is -0.354 e. The fourth-order valence-electron chi connectivity index (χ4n) is 2.26. The molecule has 0 spiro atoms. The van der Waals surface area contributed by atoms with Crippen LogP contribution in [0.4, 0.5) is 0 Å². The molecule has 1 aliphatic rings. The van der Waals surface area contributed by atoms with Crippen molar-refractivity contribution in [1.29, 1.82) is 0 Å². The van der Waals surface area contributed by atoms with Gasteiger partial charge < -0.3 is 11.1 Å². The summed E-state index contributed by atoms with van der Waals surface area (Å²) < 4.78 is 0. The maximum atomic E-state index is 11.7. The number of carbonyl (C=O) groups excluding carboxylic acids is 1. The van der Waals surface area contributed by atoms with Crippen molar-refractivity contribution >= 4 is 17.7 Å². The van der Waals surface area contributed by atoms with E-state index in [1.54, 1.807) is 11.8 Å². The minimum atomic E-state index is -0.329. The molecule has 0 aromatic rings. The van der Waals surface area contributed by atoms with Crippen LogP contribution in [0.25, 0.3) is 0 Å². The zero-order valence-electron chi connectivity index (χ0n) is 10.4. The topological polar surface area (TPSA) is 55.1 Å². The highest BCUT2D eigenvalue weighted by atomic mass is 32.2. The van der Waals surface area contributed by atoms with Gasteiger partial charge in [-0.15, -0.1) is 0 Å². The first-order valence-electron chi connectivity index (χ1n) is 6.17. The van der Waals surface area contributed by atoms with E-state index >= 15 is 0 Å². The molecule has 3 N–H and O–H groups in total. The second-order valence-corrected chi connectivity index (χ2v) is 5.79. The fraction of sp³-hybridized carbons (Fsp3) is 0.917. The maximum absolute atomic E-state index is 11.7. The Balaban J connectivity index is 2.18. The molecule has 0 saturated heterocycles. The predicted octanol–water partition coefficient (Wildman–Crippen LogP) is 1.62. The molecule has 0 aromatic carbocycles. The fourth-order valence-corrected chi connectivity index (χ4v) is 2.75. The molecular formula is C12H24N2OS. The quantitative estimate of drug-likeness (QED) is 0.746. The molecule has 0 heterocycles. The van der Waals surface area contributed by atoms with Crippen LogP contribution in [0.1, 0.15) is 32.6 Å². The van der Waals surface area contributed by atoms with Crippen molar-refractivity contribution < 1.29 is 4.79 Å². The second-order valence-electron chi connectivity index (χ2n) is 4.80. The smallest absolute Gasteiger partial charge is 0.236 e. The molecule has 94 valence electrons. The van der Waals surface area contributed by atoms with E-state index in [0.29, 0.717) is 5.92 Å². The van der Waals surface area contributed by atoms with E-state index in [1.807, 2.05) is 6.26 Å². The van der Waals surface area contributed by atoms with E-state index in [2.05, 4.69) is 12.2 Å². The summed E-state index contributed by atoms with van der Waals surface area (Å²) in [6, 6.07) is -0.329. The zero-order valence-corrected chi connectivity index (χ0v) is 11.2. The summed E-state index contributed by atoms with van der Waals surface area (Å²) in [6.07, 6.45) is 6.67. The lowest BCUT2D eigenvalue weighted by atomic mass is 9.98. The van der Waals surface area contributed by atoms with Crippen LogP contribution in [0.3, 0.4) is 0 Å². The van der Waals surface area contributed by atoms with Crippen molar-refractivity contribution in [3.05, 3.63) is 0 Å². The molecule has 0 aromatic heterocycles. The average molecular weight is 244 g/mol. The van der Waals surface area contributed by atoms with Crippen molar-refractivity contribution in [1.82, 2.24) is 5.32 Å². The summed E-state index contributed by atoms with van der Waals surface area (Å²) in [5.74, 6) is 2.39. The number of rotatable bonds is 6. The lowest BCUT2D eigenvalue weighted by Crippen LogP contribution is -2.43. The van der Waals surface area contributed by atoms with Gasteiger partial charge >= 0.3 is 0 Å². The van der Waals surface area contributed by atoms with E-state index in [-0.39, 0.29) is 11.9 Å². The number of amides is 1. The van der Waals surface area contributed by atoms with E-state index in [9.17, 15) is 4.79 Å². The summed E-state index contributed by atoms with van der Waals surface area (Å²) in [4.78, 5) is 11.7. The van der Waals surface area contributed by atoms with Gasteiger partial charge in [0.25, 0.3) is 0 Å². The van der Waals surface area contributed by atoms with Gasteiger partial charge in [-0.3, -0.25) is 4.79 Å². The summed E-state index contributed by atoms with van der Waals surface area (Å²) in [7, 11) is 0. The van der Waals surface area contributed by atoms with Gasteiger partial charge in [0.15, 0.2) is 0 Å². The van der Waals surface area contributed by atoms with Gasteiger partial charge in [0.05, 0.1) is 6.04 Å². The van der Waals surface area contributed by atoms with Gasteiger partial charge in [-0.25, -0.2) is 0 Å². The van der Waals surface area contributed by atoms with Gasteiger partial charge in [0.2, 0.25) is 5.91 Å². The van der Waals surface area contributed by atoms with E-state index < -0.39 is 0 Å². The van der Waals surface area contributed by atoms with Gasteiger partial charge in [0, 0.05) is 6.54 Å². The molecule has 1 amide bonds.